The SMILES string of the molecule is O=C(O)c1cncc(Oc2ccc(C(F)(F)F)cc2)c1. The Morgan fingerprint density at radius 3 is 2.30 bits per heavy atom. The molecule has 0 aliphatic rings. The topological polar surface area (TPSA) is 59.4 Å². The molecule has 0 saturated carbocycles. The van der Waals surface area contributed by atoms with Crippen LogP contribution in [0.2, 0.25) is 0 Å². The first-order valence-electron chi connectivity index (χ1n) is 5.40. The van der Waals surface area contributed by atoms with Gasteiger partial charge in [-0.1, -0.05) is 0 Å². The van der Waals surface area contributed by atoms with Crippen molar-refractivity contribution in [1.82, 2.24) is 4.98 Å². The number of halogens is 3. The average molecular weight is 283 g/mol. The first-order valence-corrected chi connectivity index (χ1v) is 5.40. The van der Waals surface area contributed by atoms with Crippen molar-refractivity contribution in [2.45, 2.75) is 6.18 Å². The summed E-state index contributed by atoms with van der Waals surface area (Å²) < 4.78 is 42.4. The Morgan fingerprint density at radius 1 is 1.10 bits per heavy atom. The maximum absolute atomic E-state index is 12.4. The van der Waals surface area contributed by atoms with E-state index in [1.54, 1.807) is 0 Å². The molecular formula is C13H8F3NO3. The third-order valence-electron chi connectivity index (χ3n) is 2.38. The first-order chi connectivity index (χ1) is 9.36. The number of nitrogens with zero attached hydrogens (tertiary/aromatic N) is 1. The van der Waals surface area contributed by atoms with Crippen LogP contribution in [0.5, 0.6) is 11.5 Å². The van der Waals surface area contributed by atoms with Crippen LogP contribution in [-0.2, 0) is 6.18 Å². The van der Waals surface area contributed by atoms with Crippen molar-refractivity contribution in [2.75, 3.05) is 0 Å². The van der Waals surface area contributed by atoms with E-state index in [-0.39, 0.29) is 17.1 Å². The number of pyridine rings is 1. The number of hydrogen-bond donors (Lipinski definition) is 1. The number of carboxylic acid groups (broad SMARTS) is 1. The third-order valence-corrected chi connectivity index (χ3v) is 2.38. The van der Waals surface area contributed by atoms with E-state index in [0.29, 0.717) is 0 Å². The highest BCUT2D eigenvalue weighted by Gasteiger charge is 2.30. The second-order valence-electron chi connectivity index (χ2n) is 3.84. The molecule has 20 heavy (non-hydrogen) atoms. The van der Waals surface area contributed by atoms with Gasteiger partial charge < -0.3 is 9.84 Å². The Kier molecular flexibility index (Phi) is 3.60. The van der Waals surface area contributed by atoms with Gasteiger partial charge in [-0.2, -0.15) is 13.2 Å². The maximum atomic E-state index is 12.4. The maximum Gasteiger partial charge on any atom is 0.416 e. The van der Waals surface area contributed by atoms with Crippen LogP contribution >= 0.6 is 0 Å². The molecule has 1 N–H and O–H groups in total. The molecule has 0 radical (unpaired) electrons. The quantitative estimate of drug-likeness (QED) is 0.935. The molecule has 4 nitrogen and oxygen atoms in total. The number of benzene rings is 1. The van der Waals surface area contributed by atoms with Crippen LogP contribution in [0.4, 0.5) is 13.2 Å². The number of ether oxygens (including phenoxy) is 1. The van der Waals surface area contributed by atoms with Crippen LogP contribution in [0.1, 0.15) is 15.9 Å². The van der Waals surface area contributed by atoms with Crippen LogP contribution in [0.25, 0.3) is 0 Å². The molecule has 2 rings (SSSR count). The van der Waals surface area contributed by atoms with Gasteiger partial charge in [-0.25, -0.2) is 4.79 Å². The highest BCUT2D eigenvalue weighted by atomic mass is 19.4. The third kappa shape index (κ3) is 3.25. The zero-order valence-corrected chi connectivity index (χ0v) is 9.89. The highest BCUT2D eigenvalue weighted by molar-refractivity contribution is 5.87. The minimum absolute atomic E-state index is 0.0746. The number of aromatic carboxylic acids is 1. The molecule has 1 aromatic carbocycles. The van der Waals surface area contributed by atoms with Crippen LogP contribution in [-0.4, -0.2) is 16.1 Å². The summed E-state index contributed by atoms with van der Waals surface area (Å²) in [6.45, 7) is 0. The summed E-state index contributed by atoms with van der Waals surface area (Å²) in [6, 6.07) is 5.28. The van der Waals surface area contributed by atoms with Gasteiger partial charge in [0.1, 0.15) is 11.5 Å². The molecule has 7 heteroatoms. The molecule has 0 bridgehead atoms. The van der Waals surface area contributed by atoms with E-state index < -0.39 is 17.7 Å². The molecule has 0 aliphatic heterocycles. The zero-order valence-electron chi connectivity index (χ0n) is 9.89. The zero-order chi connectivity index (χ0) is 14.8. The molecule has 0 unspecified atom stereocenters. The van der Waals surface area contributed by atoms with Gasteiger partial charge in [0.25, 0.3) is 0 Å². The van der Waals surface area contributed by atoms with Crippen molar-refractivity contribution in [3.05, 3.63) is 53.9 Å². The largest absolute Gasteiger partial charge is 0.478 e. The predicted molar refractivity (Wildman–Crippen MR) is 62.7 cm³/mol. The van der Waals surface area contributed by atoms with Gasteiger partial charge in [-0.15, -0.1) is 0 Å². The fourth-order valence-corrected chi connectivity index (χ4v) is 1.44. The van der Waals surface area contributed by atoms with E-state index in [2.05, 4.69) is 4.98 Å². The summed E-state index contributed by atoms with van der Waals surface area (Å²) in [5.41, 5.74) is -0.864. The Labute approximate surface area is 111 Å². The molecular weight excluding hydrogens is 275 g/mol. The number of carbonyl (C=O) groups is 1. The van der Waals surface area contributed by atoms with Gasteiger partial charge in [0.2, 0.25) is 0 Å². The van der Waals surface area contributed by atoms with Crippen molar-refractivity contribution in [3.8, 4) is 11.5 Å². The minimum atomic E-state index is -4.41. The average Bonchev–Trinajstić information content (AvgIpc) is 2.38. The van der Waals surface area contributed by atoms with Crippen molar-refractivity contribution < 1.29 is 27.8 Å². The fraction of sp³-hybridized carbons (Fsp3) is 0.0769. The highest BCUT2D eigenvalue weighted by Crippen LogP contribution is 2.31. The fourth-order valence-electron chi connectivity index (χ4n) is 1.44. The van der Waals surface area contributed by atoms with Gasteiger partial charge >= 0.3 is 12.1 Å². The Balaban J connectivity index is 2.18. The lowest BCUT2D eigenvalue weighted by Gasteiger charge is -2.09. The summed E-state index contributed by atoms with van der Waals surface area (Å²) in [5.74, 6) is -0.887. The summed E-state index contributed by atoms with van der Waals surface area (Å²) in [6.07, 6.45) is -2.00. The van der Waals surface area contributed by atoms with Crippen LogP contribution in [0.3, 0.4) is 0 Å². The van der Waals surface area contributed by atoms with Crippen LogP contribution in [0, 0.1) is 0 Å². The van der Waals surface area contributed by atoms with Gasteiger partial charge in [0, 0.05) is 6.20 Å². The molecule has 0 spiro atoms. The van der Waals surface area contributed by atoms with Gasteiger partial charge in [-0.05, 0) is 30.3 Å². The summed E-state index contributed by atoms with van der Waals surface area (Å²) in [4.78, 5) is 14.4. The second kappa shape index (κ2) is 5.20. The lowest BCUT2D eigenvalue weighted by Crippen LogP contribution is -2.04. The molecule has 0 aliphatic carbocycles. The van der Waals surface area contributed by atoms with Crippen LogP contribution in [0.15, 0.2) is 42.7 Å². The van der Waals surface area contributed by atoms with Crippen molar-refractivity contribution >= 4 is 5.97 Å². The number of alkyl halides is 3. The smallest absolute Gasteiger partial charge is 0.416 e. The summed E-state index contributed by atoms with van der Waals surface area (Å²) in [7, 11) is 0. The molecule has 0 atom stereocenters. The molecule has 104 valence electrons. The summed E-state index contributed by atoms with van der Waals surface area (Å²) in [5, 5.41) is 8.78. The van der Waals surface area contributed by atoms with E-state index in [4.69, 9.17) is 9.84 Å². The van der Waals surface area contributed by atoms with Gasteiger partial charge in [-0.3, -0.25) is 4.98 Å². The molecule has 2 aromatic rings. The number of hydrogen-bond acceptors (Lipinski definition) is 3. The van der Waals surface area contributed by atoms with Crippen molar-refractivity contribution in [2.24, 2.45) is 0 Å². The minimum Gasteiger partial charge on any atom is -0.478 e. The summed E-state index contributed by atoms with van der Waals surface area (Å²) >= 11 is 0. The Bertz CT molecular complexity index is 624. The van der Waals surface area contributed by atoms with Crippen LogP contribution < -0.4 is 4.74 Å². The van der Waals surface area contributed by atoms with E-state index in [1.165, 1.54) is 12.3 Å². The lowest BCUT2D eigenvalue weighted by molar-refractivity contribution is -0.137. The van der Waals surface area contributed by atoms with E-state index in [1.807, 2.05) is 0 Å². The number of rotatable bonds is 3. The van der Waals surface area contributed by atoms with E-state index in [9.17, 15) is 18.0 Å². The normalized spacial score (nSPS) is 11.2. The molecule has 0 fully saturated rings. The van der Waals surface area contributed by atoms with Gasteiger partial charge in [0.15, 0.2) is 0 Å². The number of aromatic nitrogens is 1. The van der Waals surface area contributed by atoms with E-state index >= 15 is 0 Å². The number of carboxylic acids is 1. The Hall–Kier alpha value is -2.57. The van der Waals surface area contributed by atoms with Crippen molar-refractivity contribution in [3.63, 3.8) is 0 Å². The second-order valence-corrected chi connectivity index (χ2v) is 3.84. The molecule has 1 heterocycles. The Morgan fingerprint density at radius 2 is 1.75 bits per heavy atom. The molecule has 0 amide bonds. The molecule has 0 saturated heterocycles. The van der Waals surface area contributed by atoms with E-state index in [0.717, 1.165) is 30.5 Å². The first kappa shape index (κ1) is 13.9. The molecule has 1 aromatic heterocycles. The lowest BCUT2D eigenvalue weighted by atomic mass is 10.2. The van der Waals surface area contributed by atoms with Crippen molar-refractivity contribution in [1.29, 1.82) is 0 Å². The monoisotopic (exact) mass is 283 g/mol. The predicted octanol–water partition coefficient (Wildman–Crippen LogP) is 3.59. The van der Waals surface area contributed by atoms with Gasteiger partial charge in [0.05, 0.1) is 17.3 Å². The standard InChI is InChI=1S/C13H8F3NO3/c14-13(15,16)9-1-3-10(4-2-9)20-11-5-8(12(18)19)6-17-7-11/h1-7H,(H,18,19).